The normalized spacial score (nSPS) is 11.3. The maximum absolute atomic E-state index is 11.1. The first-order chi connectivity index (χ1) is 19.2. The van der Waals surface area contributed by atoms with Crippen molar-refractivity contribution in [1.82, 2.24) is 0 Å². The van der Waals surface area contributed by atoms with E-state index >= 15 is 0 Å². The lowest BCUT2D eigenvalue weighted by atomic mass is 10.1. The summed E-state index contributed by atoms with van der Waals surface area (Å²) in [5.74, 6) is -0.457. The van der Waals surface area contributed by atoms with Gasteiger partial charge in [0.1, 0.15) is 22.9 Å². The Morgan fingerprint density at radius 1 is 0.700 bits per heavy atom. The highest BCUT2D eigenvalue weighted by Gasteiger charge is 2.19. The predicted molar refractivity (Wildman–Crippen MR) is 143 cm³/mol. The molecule has 14 heteroatoms. The van der Waals surface area contributed by atoms with Crippen LogP contribution in [0, 0.1) is 20.2 Å². The summed E-state index contributed by atoms with van der Waals surface area (Å²) in [4.78, 5) is 21.2. The van der Waals surface area contributed by atoms with Gasteiger partial charge in [-0.1, -0.05) is 24.3 Å². The summed E-state index contributed by atoms with van der Waals surface area (Å²) >= 11 is 0. The monoisotopic (exact) mass is 546 g/mol. The summed E-state index contributed by atoms with van der Waals surface area (Å²) in [6.45, 7) is -0.211. The number of nitro groups is 2. The number of phenolic OH excluding ortho intramolecular Hbond substituents is 2. The summed E-state index contributed by atoms with van der Waals surface area (Å²) in [6, 6.07) is 14.8. The van der Waals surface area contributed by atoms with Crippen LogP contribution in [0.15, 0.2) is 81.1 Å². The van der Waals surface area contributed by atoms with Crippen molar-refractivity contribution in [2.75, 3.05) is 14.2 Å². The number of azo groups is 2. The van der Waals surface area contributed by atoms with E-state index in [0.717, 1.165) is 0 Å². The minimum absolute atomic E-state index is 0.0446. The fourth-order valence-corrected chi connectivity index (χ4v) is 3.95. The van der Waals surface area contributed by atoms with Crippen LogP contribution in [0.2, 0.25) is 0 Å². The van der Waals surface area contributed by atoms with Gasteiger partial charge >= 0.3 is 0 Å². The first-order valence-corrected chi connectivity index (χ1v) is 11.6. The number of ether oxygens (including phenoxy) is 2. The van der Waals surface area contributed by atoms with Crippen LogP contribution in [0.5, 0.6) is 23.0 Å². The molecule has 0 heterocycles. The highest BCUT2D eigenvalue weighted by atomic mass is 16.6. The number of hydrogen-bond donors (Lipinski definition) is 2. The van der Waals surface area contributed by atoms with Crippen LogP contribution in [-0.2, 0) is 13.1 Å². The molecule has 0 bridgehead atoms. The molecule has 4 rings (SSSR count). The second kappa shape index (κ2) is 11.8. The molecule has 0 atom stereocenters. The SMILES string of the molecule is COc1ccc([N+](=O)[O-])cc1CN=Nc1c(O)c(O)c(N=NCc2cc([N+](=O)[O-])ccc2OC)c2ccccc12. The lowest BCUT2D eigenvalue weighted by molar-refractivity contribution is -0.385. The van der Waals surface area contributed by atoms with E-state index in [1.54, 1.807) is 24.3 Å². The predicted octanol–water partition coefficient (Wildman–Crippen LogP) is 6.65. The van der Waals surface area contributed by atoms with Gasteiger partial charge in [0, 0.05) is 46.2 Å². The lowest BCUT2D eigenvalue weighted by Crippen LogP contribution is -1.94. The van der Waals surface area contributed by atoms with Gasteiger partial charge in [-0.2, -0.15) is 20.5 Å². The second-order valence-electron chi connectivity index (χ2n) is 8.25. The molecule has 14 nitrogen and oxygen atoms in total. The van der Waals surface area contributed by atoms with Crippen LogP contribution in [0.4, 0.5) is 22.7 Å². The van der Waals surface area contributed by atoms with Crippen molar-refractivity contribution in [2.24, 2.45) is 20.5 Å². The van der Waals surface area contributed by atoms with Crippen LogP contribution in [0.3, 0.4) is 0 Å². The molecule has 0 aliphatic carbocycles. The maximum Gasteiger partial charge on any atom is 0.270 e. The molecule has 0 fully saturated rings. The van der Waals surface area contributed by atoms with Gasteiger partial charge < -0.3 is 19.7 Å². The zero-order valence-electron chi connectivity index (χ0n) is 21.2. The van der Waals surface area contributed by atoms with E-state index in [-0.39, 0.29) is 35.8 Å². The van der Waals surface area contributed by atoms with Crippen LogP contribution < -0.4 is 9.47 Å². The van der Waals surface area contributed by atoms with Crippen LogP contribution in [0.1, 0.15) is 11.1 Å². The van der Waals surface area contributed by atoms with E-state index < -0.39 is 21.3 Å². The molecular formula is C26H22N6O8. The number of non-ortho nitro benzene ring substituents is 2. The molecule has 204 valence electrons. The number of rotatable bonds is 10. The van der Waals surface area contributed by atoms with Crippen molar-refractivity contribution >= 4 is 33.5 Å². The van der Waals surface area contributed by atoms with Gasteiger partial charge in [-0.25, -0.2) is 0 Å². The molecule has 4 aromatic carbocycles. The fraction of sp³-hybridized carbons (Fsp3) is 0.154. The zero-order valence-corrected chi connectivity index (χ0v) is 21.2. The molecule has 0 aliphatic heterocycles. The largest absolute Gasteiger partial charge is 0.503 e. The minimum atomic E-state index is -0.602. The smallest absolute Gasteiger partial charge is 0.270 e. The highest BCUT2D eigenvalue weighted by molar-refractivity contribution is 6.05. The summed E-state index contributed by atoms with van der Waals surface area (Å²) in [7, 11) is 2.84. The number of nitrogens with zero attached hydrogens (tertiary/aromatic N) is 6. The number of aromatic hydroxyl groups is 2. The Morgan fingerprint density at radius 2 is 1.10 bits per heavy atom. The van der Waals surface area contributed by atoms with E-state index in [1.165, 1.54) is 50.6 Å². The van der Waals surface area contributed by atoms with Crippen molar-refractivity contribution in [3.8, 4) is 23.0 Å². The van der Waals surface area contributed by atoms with Gasteiger partial charge in [0.2, 0.25) is 0 Å². The average molecular weight is 546 g/mol. The standard InChI is InChI=1S/C26H22N6O8/c1-39-21-9-7-17(31(35)36)11-15(21)13-27-29-23-19-5-3-4-6-20(19)24(26(34)25(23)33)30-28-14-16-12-18(32(37)38)8-10-22(16)40-2/h3-12,33-34H,13-14H2,1-2H3. The topological polar surface area (TPSA) is 195 Å². The third kappa shape index (κ3) is 5.60. The lowest BCUT2D eigenvalue weighted by Gasteiger charge is -2.10. The van der Waals surface area contributed by atoms with E-state index in [0.29, 0.717) is 33.4 Å². The average Bonchev–Trinajstić information content (AvgIpc) is 2.96. The van der Waals surface area contributed by atoms with Crippen molar-refractivity contribution in [3.63, 3.8) is 0 Å². The van der Waals surface area contributed by atoms with Crippen LogP contribution in [-0.4, -0.2) is 34.3 Å². The number of phenols is 2. The third-order valence-electron chi connectivity index (χ3n) is 5.88. The Hall–Kier alpha value is -5.66. The first kappa shape index (κ1) is 27.4. The van der Waals surface area contributed by atoms with Gasteiger partial charge in [-0.3, -0.25) is 20.2 Å². The number of hydrogen-bond acceptors (Lipinski definition) is 12. The maximum atomic E-state index is 11.1. The molecule has 0 unspecified atom stereocenters. The minimum Gasteiger partial charge on any atom is -0.503 e. The molecule has 40 heavy (non-hydrogen) atoms. The van der Waals surface area contributed by atoms with Crippen molar-refractivity contribution in [3.05, 3.63) is 92.0 Å². The van der Waals surface area contributed by atoms with Gasteiger partial charge in [0.05, 0.1) is 37.2 Å². The fourth-order valence-electron chi connectivity index (χ4n) is 3.95. The first-order valence-electron chi connectivity index (χ1n) is 11.6. The summed E-state index contributed by atoms with van der Waals surface area (Å²) in [5.41, 5.74) is 0.420. The molecule has 0 saturated heterocycles. The highest BCUT2D eigenvalue weighted by Crippen LogP contribution is 2.50. The van der Waals surface area contributed by atoms with Crippen molar-refractivity contribution in [1.29, 1.82) is 0 Å². The molecule has 0 aliphatic rings. The summed E-state index contributed by atoms with van der Waals surface area (Å²) in [6.07, 6.45) is 0. The Morgan fingerprint density at radius 3 is 1.45 bits per heavy atom. The molecule has 0 radical (unpaired) electrons. The number of nitro benzene ring substituents is 2. The van der Waals surface area contributed by atoms with E-state index in [9.17, 15) is 30.4 Å². The third-order valence-corrected chi connectivity index (χ3v) is 5.88. The summed E-state index contributed by atoms with van der Waals surface area (Å²) < 4.78 is 10.5. The Bertz CT molecular complexity index is 1550. The number of benzene rings is 4. The number of fused-ring (bicyclic) bond motifs is 1. The molecule has 0 amide bonds. The Kier molecular flexibility index (Phi) is 8.08. The number of methoxy groups -OCH3 is 2. The van der Waals surface area contributed by atoms with E-state index in [1.807, 2.05) is 0 Å². The summed E-state index contributed by atoms with van der Waals surface area (Å²) in [5, 5.41) is 61.0. The molecular weight excluding hydrogens is 524 g/mol. The second-order valence-corrected chi connectivity index (χ2v) is 8.25. The molecule has 4 aromatic rings. The Balaban J connectivity index is 1.68. The van der Waals surface area contributed by atoms with Gasteiger partial charge in [0.25, 0.3) is 11.4 Å². The van der Waals surface area contributed by atoms with Crippen molar-refractivity contribution < 1.29 is 29.5 Å². The van der Waals surface area contributed by atoms with Crippen LogP contribution in [0.25, 0.3) is 10.8 Å². The van der Waals surface area contributed by atoms with Gasteiger partial charge in [0.15, 0.2) is 11.5 Å². The molecule has 2 N–H and O–H groups in total. The van der Waals surface area contributed by atoms with E-state index in [2.05, 4.69) is 20.5 Å². The quantitative estimate of drug-likeness (QED) is 0.0953. The zero-order chi connectivity index (χ0) is 28.8. The molecule has 0 aromatic heterocycles. The van der Waals surface area contributed by atoms with Gasteiger partial charge in [-0.05, 0) is 12.1 Å². The van der Waals surface area contributed by atoms with E-state index in [4.69, 9.17) is 9.47 Å². The molecule has 0 saturated carbocycles. The van der Waals surface area contributed by atoms with Crippen molar-refractivity contribution in [2.45, 2.75) is 13.1 Å². The van der Waals surface area contributed by atoms with Crippen LogP contribution >= 0.6 is 0 Å². The van der Waals surface area contributed by atoms with Gasteiger partial charge in [-0.15, -0.1) is 0 Å². The molecule has 0 spiro atoms. The Labute approximate surface area is 226 Å².